The molecule has 0 fully saturated rings. The fourth-order valence-electron chi connectivity index (χ4n) is 2.85. The smallest absolute Gasteiger partial charge is 0.289 e. The summed E-state index contributed by atoms with van der Waals surface area (Å²) in [5.74, 6) is -1.68. The Labute approximate surface area is 164 Å². The van der Waals surface area contributed by atoms with Gasteiger partial charge in [-0.2, -0.15) is 0 Å². The molecule has 1 atom stereocenters. The van der Waals surface area contributed by atoms with Crippen molar-refractivity contribution in [2.45, 2.75) is 6.17 Å². The molecule has 2 heterocycles. The molecule has 28 heavy (non-hydrogen) atoms. The number of carbonyl (C=O) groups excluding carboxylic acids is 2. The van der Waals surface area contributed by atoms with Gasteiger partial charge < -0.3 is 15.1 Å². The van der Waals surface area contributed by atoms with E-state index in [9.17, 15) is 14.0 Å². The number of anilines is 1. The number of halogens is 2. The van der Waals surface area contributed by atoms with Crippen LogP contribution in [0.15, 0.2) is 70.3 Å². The first kappa shape index (κ1) is 17.9. The van der Waals surface area contributed by atoms with Crippen molar-refractivity contribution in [2.24, 2.45) is 4.99 Å². The molecule has 0 saturated heterocycles. The molecular weight excluding hydrogens is 385 g/mol. The number of hydrogen-bond donors (Lipinski definition) is 2. The third kappa shape index (κ3) is 3.39. The second-order valence-corrected chi connectivity index (χ2v) is 6.43. The minimum atomic E-state index is -1.29. The Morgan fingerprint density at radius 1 is 1.14 bits per heavy atom. The van der Waals surface area contributed by atoms with E-state index in [1.165, 1.54) is 18.4 Å². The number of carbonyl (C=O) groups is 2. The lowest BCUT2D eigenvalue weighted by atomic mass is 10.00. The van der Waals surface area contributed by atoms with Gasteiger partial charge in [0.05, 0.1) is 17.7 Å². The van der Waals surface area contributed by atoms with Gasteiger partial charge in [-0.3, -0.25) is 9.59 Å². The molecule has 1 unspecified atom stereocenters. The van der Waals surface area contributed by atoms with Crippen molar-refractivity contribution in [3.63, 3.8) is 0 Å². The summed E-state index contributed by atoms with van der Waals surface area (Å²) < 4.78 is 19.5. The third-order valence-electron chi connectivity index (χ3n) is 4.14. The third-order valence-corrected chi connectivity index (χ3v) is 4.38. The molecule has 140 valence electrons. The van der Waals surface area contributed by atoms with Crippen LogP contribution in [0.4, 0.5) is 10.1 Å². The Bertz CT molecular complexity index is 1100. The predicted octanol–water partition coefficient (Wildman–Crippen LogP) is 3.62. The minimum absolute atomic E-state index is 0.0280. The summed E-state index contributed by atoms with van der Waals surface area (Å²) in [6, 6.07) is 13.8. The van der Waals surface area contributed by atoms with Crippen LogP contribution in [0.1, 0.15) is 21.7 Å². The van der Waals surface area contributed by atoms with Crippen molar-refractivity contribution in [3.8, 4) is 0 Å². The standard InChI is InChI=1S/C20H13ClFN3O3/c21-11-7-8-15-13(10-11)17(12-4-1-2-5-14(12)22)24-18(20(27)23-15)25-19(26)16-6-3-9-28-16/h1-10,18H,(H,23,27)(H,25,26). The van der Waals surface area contributed by atoms with Crippen LogP contribution in [0.3, 0.4) is 0 Å². The molecule has 2 amide bonds. The number of benzene rings is 2. The first-order chi connectivity index (χ1) is 13.5. The van der Waals surface area contributed by atoms with Gasteiger partial charge in [0.25, 0.3) is 11.8 Å². The van der Waals surface area contributed by atoms with Crippen molar-refractivity contribution in [1.29, 1.82) is 0 Å². The van der Waals surface area contributed by atoms with E-state index in [0.29, 0.717) is 16.3 Å². The molecule has 1 aliphatic rings. The van der Waals surface area contributed by atoms with E-state index < -0.39 is 23.8 Å². The zero-order chi connectivity index (χ0) is 19.7. The SMILES string of the molecule is O=C(NC1N=C(c2ccccc2F)c2cc(Cl)ccc2NC1=O)c1ccco1. The van der Waals surface area contributed by atoms with Crippen LogP contribution in [0, 0.1) is 5.82 Å². The average molecular weight is 398 g/mol. The number of furan rings is 1. The molecule has 0 aliphatic carbocycles. The Morgan fingerprint density at radius 2 is 1.96 bits per heavy atom. The highest BCUT2D eigenvalue weighted by Crippen LogP contribution is 2.28. The van der Waals surface area contributed by atoms with E-state index >= 15 is 0 Å². The second kappa shape index (κ2) is 7.28. The van der Waals surface area contributed by atoms with Crippen LogP contribution in [0.25, 0.3) is 0 Å². The lowest BCUT2D eigenvalue weighted by Crippen LogP contribution is -2.42. The zero-order valence-corrected chi connectivity index (χ0v) is 15.0. The van der Waals surface area contributed by atoms with Crippen molar-refractivity contribution >= 4 is 34.8 Å². The fraction of sp³-hybridized carbons (Fsp3) is 0.0500. The molecule has 4 rings (SSSR count). The molecule has 1 aromatic heterocycles. The summed E-state index contributed by atoms with van der Waals surface area (Å²) in [7, 11) is 0. The first-order valence-electron chi connectivity index (χ1n) is 8.31. The van der Waals surface area contributed by atoms with Crippen molar-refractivity contribution in [3.05, 3.63) is 88.6 Å². The van der Waals surface area contributed by atoms with Crippen molar-refractivity contribution < 1.29 is 18.4 Å². The molecule has 2 aromatic carbocycles. The summed E-state index contributed by atoms with van der Waals surface area (Å²) in [4.78, 5) is 29.3. The van der Waals surface area contributed by atoms with Gasteiger partial charge >= 0.3 is 0 Å². The maximum atomic E-state index is 14.5. The summed E-state index contributed by atoms with van der Waals surface area (Å²) in [6.07, 6.45) is 0.0481. The number of rotatable bonds is 3. The van der Waals surface area contributed by atoms with Crippen LogP contribution < -0.4 is 10.6 Å². The molecule has 3 aromatic rings. The van der Waals surface area contributed by atoms with Gasteiger partial charge in [-0.25, -0.2) is 9.38 Å². The highest BCUT2D eigenvalue weighted by Gasteiger charge is 2.29. The largest absolute Gasteiger partial charge is 0.459 e. The van der Waals surface area contributed by atoms with Gasteiger partial charge in [0, 0.05) is 16.1 Å². The van der Waals surface area contributed by atoms with Crippen molar-refractivity contribution in [2.75, 3.05) is 5.32 Å². The lowest BCUT2D eigenvalue weighted by Gasteiger charge is -2.12. The normalized spacial score (nSPS) is 15.9. The molecule has 1 aliphatic heterocycles. The topological polar surface area (TPSA) is 83.7 Å². The quantitative estimate of drug-likeness (QED) is 0.708. The van der Waals surface area contributed by atoms with Crippen LogP contribution in [0.2, 0.25) is 5.02 Å². The van der Waals surface area contributed by atoms with Crippen LogP contribution >= 0.6 is 11.6 Å². The minimum Gasteiger partial charge on any atom is -0.459 e. The molecule has 6 nitrogen and oxygen atoms in total. The summed E-state index contributed by atoms with van der Waals surface area (Å²) >= 11 is 6.10. The first-order valence-corrected chi connectivity index (χ1v) is 8.68. The van der Waals surface area contributed by atoms with Crippen LogP contribution in [0.5, 0.6) is 0 Å². The summed E-state index contributed by atoms with van der Waals surface area (Å²) in [6.45, 7) is 0. The number of amides is 2. The Kier molecular flexibility index (Phi) is 4.67. The number of benzodiazepines with no additional fused rings is 1. The van der Waals surface area contributed by atoms with E-state index in [0.717, 1.165) is 0 Å². The number of nitrogens with zero attached hydrogens (tertiary/aromatic N) is 1. The molecule has 0 radical (unpaired) electrons. The summed E-state index contributed by atoms with van der Waals surface area (Å²) in [5, 5.41) is 5.58. The molecule has 0 saturated carbocycles. The monoisotopic (exact) mass is 397 g/mol. The fourth-order valence-corrected chi connectivity index (χ4v) is 3.02. The van der Waals surface area contributed by atoms with E-state index in [-0.39, 0.29) is 17.0 Å². The highest BCUT2D eigenvalue weighted by atomic mass is 35.5. The molecule has 0 spiro atoms. The van der Waals surface area contributed by atoms with Gasteiger partial charge in [0.15, 0.2) is 5.76 Å². The lowest BCUT2D eigenvalue weighted by molar-refractivity contribution is -0.117. The molecule has 8 heteroatoms. The summed E-state index contributed by atoms with van der Waals surface area (Å²) in [5.41, 5.74) is 1.23. The van der Waals surface area contributed by atoms with Gasteiger partial charge in [-0.1, -0.05) is 23.7 Å². The molecule has 2 N–H and O–H groups in total. The van der Waals surface area contributed by atoms with Gasteiger partial charge in [0.2, 0.25) is 6.17 Å². The zero-order valence-electron chi connectivity index (χ0n) is 14.3. The number of nitrogens with one attached hydrogen (secondary N) is 2. The van der Waals surface area contributed by atoms with Crippen LogP contribution in [-0.4, -0.2) is 23.7 Å². The van der Waals surface area contributed by atoms with Crippen LogP contribution in [-0.2, 0) is 4.79 Å². The van der Waals surface area contributed by atoms with Crippen molar-refractivity contribution in [1.82, 2.24) is 5.32 Å². The van der Waals surface area contributed by atoms with E-state index in [1.54, 1.807) is 42.5 Å². The molecular formula is C20H13ClFN3O3. The second-order valence-electron chi connectivity index (χ2n) is 5.99. The predicted molar refractivity (Wildman–Crippen MR) is 102 cm³/mol. The number of fused-ring (bicyclic) bond motifs is 1. The maximum absolute atomic E-state index is 14.5. The van der Waals surface area contributed by atoms with Gasteiger partial charge in [-0.15, -0.1) is 0 Å². The van der Waals surface area contributed by atoms with Gasteiger partial charge in [-0.05, 0) is 42.5 Å². The molecule has 0 bridgehead atoms. The van der Waals surface area contributed by atoms with E-state index in [1.807, 2.05) is 0 Å². The average Bonchev–Trinajstić information content (AvgIpc) is 3.18. The van der Waals surface area contributed by atoms with E-state index in [2.05, 4.69) is 15.6 Å². The number of hydrogen-bond acceptors (Lipinski definition) is 4. The van der Waals surface area contributed by atoms with E-state index in [4.69, 9.17) is 16.0 Å². The Hall–Kier alpha value is -3.45. The Morgan fingerprint density at radius 3 is 2.71 bits per heavy atom. The number of aliphatic imine (C=N–C) groups is 1. The maximum Gasteiger partial charge on any atom is 0.289 e. The Balaban J connectivity index is 1.82. The van der Waals surface area contributed by atoms with Gasteiger partial charge in [0.1, 0.15) is 5.82 Å². The highest BCUT2D eigenvalue weighted by molar-refractivity contribution is 6.32.